The van der Waals surface area contributed by atoms with Gasteiger partial charge >= 0.3 is 0 Å². The van der Waals surface area contributed by atoms with Gasteiger partial charge in [0, 0.05) is 12.2 Å². The summed E-state index contributed by atoms with van der Waals surface area (Å²) in [5, 5.41) is 4.20. The maximum Gasteiger partial charge on any atom is 0.263 e. The van der Waals surface area contributed by atoms with Crippen LogP contribution in [0, 0.1) is 12.8 Å². The maximum atomic E-state index is 12.7. The van der Waals surface area contributed by atoms with Crippen LogP contribution in [0.15, 0.2) is 40.6 Å². The lowest BCUT2D eigenvalue weighted by Gasteiger charge is -2.11. The molecule has 10 heteroatoms. The van der Waals surface area contributed by atoms with Crippen LogP contribution < -0.4 is 10.0 Å². The highest BCUT2D eigenvalue weighted by Gasteiger charge is 2.29. The fraction of sp³-hybridized carbons (Fsp3) is 0.353. The van der Waals surface area contributed by atoms with Gasteiger partial charge < -0.3 is 5.32 Å². The Morgan fingerprint density at radius 3 is 2.56 bits per heavy atom. The Hall–Kier alpha value is -1.91. The van der Waals surface area contributed by atoms with Gasteiger partial charge in [-0.2, -0.15) is 0 Å². The first-order valence-electron chi connectivity index (χ1n) is 8.32. The highest BCUT2D eigenvalue weighted by atomic mass is 32.2. The van der Waals surface area contributed by atoms with Gasteiger partial charge in [0.05, 0.1) is 11.5 Å². The van der Waals surface area contributed by atoms with Crippen LogP contribution >= 0.6 is 11.3 Å². The Morgan fingerprint density at radius 1 is 1.22 bits per heavy atom. The van der Waals surface area contributed by atoms with E-state index < -0.39 is 25.8 Å². The molecule has 1 unspecified atom stereocenters. The lowest BCUT2D eigenvalue weighted by molar-refractivity contribution is 0.0949. The molecule has 2 N–H and O–H groups in total. The molecule has 7 nitrogen and oxygen atoms in total. The number of amides is 1. The number of carbonyl (C=O) groups excluding carboxylic acids is 1. The minimum atomic E-state index is -3.91. The Morgan fingerprint density at radius 2 is 1.93 bits per heavy atom. The summed E-state index contributed by atoms with van der Waals surface area (Å²) in [6.45, 7) is 2.11. The SMILES string of the molecule is Cc1ccc(NS(=O)(=O)c2ccsc2C(=O)NCC2CCS(=O)(=O)C2)cc1. The molecule has 0 aliphatic carbocycles. The van der Waals surface area contributed by atoms with Crippen molar-refractivity contribution in [3.05, 3.63) is 46.2 Å². The fourth-order valence-electron chi connectivity index (χ4n) is 2.86. The molecule has 1 atom stereocenters. The summed E-state index contributed by atoms with van der Waals surface area (Å²) in [5.41, 5.74) is 1.41. The molecule has 1 aliphatic rings. The van der Waals surface area contributed by atoms with Crippen molar-refractivity contribution in [3.63, 3.8) is 0 Å². The van der Waals surface area contributed by atoms with Gasteiger partial charge in [0.1, 0.15) is 9.77 Å². The molecular formula is C17H20N2O5S3. The largest absolute Gasteiger partial charge is 0.351 e. The van der Waals surface area contributed by atoms with Gasteiger partial charge in [-0.1, -0.05) is 17.7 Å². The predicted molar refractivity (Wildman–Crippen MR) is 105 cm³/mol. The van der Waals surface area contributed by atoms with Gasteiger partial charge in [-0.25, -0.2) is 16.8 Å². The van der Waals surface area contributed by atoms with Gasteiger partial charge in [0.15, 0.2) is 9.84 Å². The van der Waals surface area contributed by atoms with Crippen molar-refractivity contribution in [1.29, 1.82) is 0 Å². The summed E-state index contributed by atoms with van der Waals surface area (Å²) < 4.78 is 50.8. The molecule has 0 saturated carbocycles. The molecular weight excluding hydrogens is 408 g/mol. The van der Waals surface area contributed by atoms with E-state index in [1.165, 1.54) is 6.07 Å². The van der Waals surface area contributed by atoms with Crippen LogP contribution in [0.4, 0.5) is 5.69 Å². The van der Waals surface area contributed by atoms with Crippen LogP contribution in [0.3, 0.4) is 0 Å². The van der Waals surface area contributed by atoms with Crippen molar-refractivity contribution in [2.75, 3.05) is 22.8 Å². The molecule has 27 heavy (non-hydrogen) atoms. The second kappa shape index (κ2) is 7.61. The Labute approximate surface area is 162 Å². The first-order chi connectivity index (χ1) is 12.7. The summed E-state index contributed by atoms with van der Waals surface area (Å²) in [4.78, 5) is 12.4. The zero-order valence-corrected chi connectivity index (χ0v) is 17.1. The fourth-order valence-corrected chi connectivity index (χ4v) is 7.12. The Kier molecular flexibility index (Phi) is 5.59. The van der Waals surface area contributed by atoms with E-state index in [1.807, 2.05) is 6.92 Å². The van der Waals surface area contributed by atoms with Gasteiger partial charge in [0.25, 0.3) is 15.9 Å². The van der Waals surface area contributed by atoms with Crippen molar-refractivity contribution in [1.82, 2.24) is 5.32 Å². The molecule has 2 aromatic rings. The molecule has 1 saturated heterocycles. The molecule has 146 valence electrons. The third kappa shape index (κ3) is 4.88. The van der Waals surface area contributed by atoms with Crippen LogP contribution in [-0.4, -0.2) is 40.8 Å². The van der Waals surface area contributed by atoms with Crippen molar-refractivity contribution in [2.45, 2.75) is 18.2 Å². The van der Waals surface area contributed by atoms with E-state index in [9.17, 15) is 21.6 Å². The summed E-state index contributed by atoms with van der Waals surface area (Å²) in [5.74, 6) is -0.465. The normalized spacial score (nSPS) is 18.9. The third-order valence-corrected chi connectivity index (χ3v) is 8.61. The average molecular weight is 429 g/mol. The smallest absolute Gasteiger partial charge is 0.263 e. The van der Waals surface area contributed by atoms with Crippen LogP contribution in [0.2, 0.25) is 0 Å². The Balaban J connectivity index is 1.70. The number of thiophene rings is 1. The van der Waals surface area contributed by atoms with Crippen molar-refractivity contribution < 1.29 is 21.6 Å². The minimum absolute atomic E-state index is 0.0534. The van der Waals surface area contributed by atoms with Crippen LogP contribution in [0.1, 0.15) is 21.7 Å². The number of hydrogen-bond acceptors (Lipinski definition) is 6. The summed E-state index contributed by atoms with van der Waals surface area (Å²) in [7, 11) is -6.93. The molecule has 1 fully saturated rings. The quantitative estimate of drug-likeness (QED) is 0.732. The standard InChI is InChI=1S/C17H20N2O5S3/c1-12-2-4-14(5-3-12)19-27(23,24)15-6-8-25-16(15)17(20)18-10-13-7-9-26(21,22)11-13/h2-6,8,13,19H,7,9-11H2,1H3,(H,18,20). The predicted octanol–water partition coefficient (Wildman–Crippen LogP) is 2.02. The summed E-state index contributed by atoms with van der Waals surface area (Å²) >= 11 is 1.03. The summed E-state index contributed by atoms with van der Waals surface area (Å²) in [6, 6.07) is 8.26. The number of hydrogen-bond donors (Lipinski definition) is 2. The average Bonchev–Trinajstić information content (AvgIpc) is 3.21. The first kappa shape index (κ1) is 19.8. The second-order valence-electron chi connectivity index (χ2n) is 6.56. The minimum Gasteiger partial charge on any atom is -0.351 e. The zero-order chi connectivity index (χ0) is 19.7. The van der Waals surface area contributed by atoms with E-state index in [0.717, 1.165) is 16.9 Å². The second-order valence-corrected chi connectivity index (χ2v) is 11.4. The van der Waals surface area contributed by atoms with E-state index >= 15 is 0 Å². The molecule has 3 rings (SSSR count). The number of anilines is 1. The number of carbonyl (C=O) groups is 1. The molecule has 1 amide bonds. The van der Waals surface area contributed by atoms with E-state index in [0.29, 0.717) is 12.1 Å². The van der Waals surface area contributed by atoms with Crippen LogP contribution in [0.5, 0.6) is 0 Å². The molecule has 1 aliphatic heterocycles. The maximum absolute atomic E-state index is 12.7. The van der Waals surface area contributed by atoms with Gasteiger partial charge in [0.2, 0.25) is 0 Å². The van der Waals surface area contributed by atoms with Crippen LogP contribution in [0.25, 0.3) is 0 Å². The van der Waals surface area contributed by atoms with E-state index in [2.05, 4.69) is 10.0 Å². The number of sulfone groups is 1. The van der Waals surface area contributed by atoms with Gasteiger partial charge in [-0.15, -0.1) is 11.3 Å². The molecule has 2 heterocycles. The lowest BCUT2D eigenvalue weighted by Crippen LogP contribution is -2.30. The number of sulfonamides is 1. The molecule has 1 aromatic heterocycles. The monoisotopic (exact) mass is 428 g/mol. The molecule has 0 spiro atoms. The van der Waals surface area contributed by atoms with E-state index in [4.69, 9.17) is 0 Å². The Bertz CT molecular complexity index is 1040. The highest BCUT2D eigenvalue weighted by Crippen LogP contribution is 2.25. The first-order valence-corrected chi connectivity index (χ1v) is 12.5. The zero-order valence-electron chi connectivity index (χ0n) is 14.6. The third-order valence-electron chi connectivity index (χ3n) is 4.31. The van der Waals surface area contributed by atoms with Crippen LogP contribution in [-0.2, 0) is 19.9 Å². The molecule has 0 radical (unpaired) electrons. The van der Waals surface area contributed by atoms with Crippen molar-refractivity contribution >= 4 is 42.8 Å². The van der Waals surface area contributed by atoms with Gasteiger partial charge in [-0.3, -0.25) is 9.52 Å². The number of benzene rings is 1. The van der Waals surface area contributed by atoms with Crippen molar-refractivity contribution in [2.24, 2.45) is 5.92 Å². The number of aryl methyl sites for hydroxylation is 1. The topological polar surface area (TPSA) is 109 Å². The molecule has 0 bridgehead atoms. The number of nitrogens with one attached hydrogen (secondary N) is 2. The summed E-state index contributed by atoms with van der Waals surface area (Å²) in [6.07, 6.45) is 0.507. The van der Waals surface area contributed by atoms with Crippen molar-refractivity contribution in [3.8, 4) is 0 Å². The number of rotatable bonds is 6. The lowest BCUT2D eigenvalue weighted by atomic mass is 10.1. The van der Waals surface area contributed by atoms with E-state index in [-0.39, 0.29) is 33.7 Å². The van der Waals surface area contributed by atoms with Gasteiger partial charge in [-0.05, 0) is 42.8 Å². The highest BCUT2D eigenvalue weighted by molar-refractivity contribution is 7.93. The van der Waals surface area contributed by atoms with E-state index in [1.54, 1.807) is 29.6 Å². The molecule has 1 aromatic carbocycles.